The van der Waals surface area contributed by atoms with E-state index in [1.165, 1.54) is 11.3 Å². The lowest BCUT2D eigenvalue weighted by atomic mass is 9.82. The highest BCUT2D eigenvalue weighted by molar-refractivity contribution is 7.10. The number of carboxylic acids is 1. The second kappa shape index (κ2) is 6.16. The fourth-order valence-corrected chi connectivity index (χ4v) is 4.29. The Bertz CT molecular complexity index is 681. The van der Waals surface area contributed by atoms with Gasteiger partial charge in [0.25, 0.3) is 5.91 Å². The number of carboxylic acid groups (broad SMARTS) is 1. The van der Waals surface area contributed by atoms with Crippen LogP contribution in [0.15, 0.2) is 23.6 Å². The highest BCUT2D eigenvalue weighted by atomic mass is 32.1. The molecule has 2 aliphatic carbocycles. The summed E-state index contributed by atoms with van der Waals surface area (Å²) in [6, 6.07) is 1.78. The third-order valence-corrected chi connectivity index (χ3v) is 5.69. The molecule has 3 N–H and O–H groups in total. The number of allylic oxidation sites excluding steroid dienone is 2. The summed E-state index contributed by atoms with van der Waals surface area (Å²) >= 11 is 1.49. The Morgan fingerprint density at radius 2 is 1.91 bits per heavy atom. The molecule has 2 bridgehead atoms. The van der Waals surface area contributed by atoms with Crippen molar-refractivity contribution in [3.63, 3.8) is 0 Å². The fraction of sp³-hybridized carbons (Fsp3) is 0.438. The van der Waals surface area contributed by atoms with Crippen molar-refractivity contribution in [2.75, 3.05) is 0 Å². The normalized spacial score (nSPS) is 27.9. The van der Waals surface area contributed by atoms with Crippen molar-refractivity contribution in [1.82, 2.24) is 10.9 Å². The van der Waals surface area contributed by atoms with Crippen LogP contribution < -0.4 is 10.9 Å². The fourth-order valence-electron chi connectivity index (χ4n) is 3.48. The van der Waals surface area contributed by atoms with Crippen molar-refractivity contribution in [2.45, 2.75) is 19.8 Å². The molecule has 0 saturated heterocycles. The summed E-state index contributed by atoms with van der Waals surface area (Å²) in [6.07, 6.45) is 5.32. The summed E-state index contributed by atoms with van der Waals surface area (Å²) in [5, 5.41) is 11.1. The molecule has 2 amide bonds. The van der Waals surface area contributed by atoms with E-state index in [0.29, 0.717) is 12.0 Å². The van der Waals surface area contributed by atoms with Gasteiger partial charge in [0, 0.05) is 10.3 Å². The van der Waals surface area contributed by atoms with Gasteiger partial charge in [-0.3, -0.25) is 25.2 Å². The smallest absolute Gasteiger partial charge is 0.307 e. The SMILES string of the molecule is CCc1cc(C(=O)NNC(=O)C2C3C=CC(C3)C2C(=O)O)cs1. The van der Waals surface area contributed by atoms with Crippen molar-refractivity contribution in [2.24, 2.45) is 23.7 Å². The van der Waals surface area contributed by atoms with Crippen molar-refractivity contribution in [1.29, 1.82) is 0 Å². The molecule has 7 heteroatoms. The summed E-state index contributed by atoms with van der Waals surface area (Å²) < 4.78 is 0. The number of aryl methyl sites for hydroxylation is 1. The first kappa shape index (κ1) is 15.7. The maximum atomic E-state index is 12.3. The molecule has 1 fully saturated rings. The first-order valence-electron chi connectivity index (χ1n) is 7.60. The van der Waals surface area contributed by atoms with Crippen LogP contribution in [0.25, 0.3) is 0 Å². The van der Waals surface area contributed by atoms with Gasteiger partial charge < -0.3 is 5.11 Å². The van der Waals surface area contributed by atoms with Crippen LogP contribution in [0.2, 0.25) is 0 Å². The molecule has 0 aliphatic heterocycles. The molecule has 23 heavy (non-hydrogen) atoms. The topological polar surface area (TPSA) is 95.5 Å². The molecule has 4 unspecified atom stereocenters. The van der Waals surface area contributed by atoms with Gasteiger partial charge in [-0.1, -0.05) is 19.1 Å². The van der Waals surface area contributed by atoms with Crippen molar-refractivity contribution in [3.05, 3.63) is 34.0 Å². The molecule has 1 saturated carbocycles. The average Bonchev–Trinajstić information content (AvgIpc) is 3.25. The van der Waals surface area contributed by atoms with Crippen LogP contribution in [0.5, 0.6) is 0 Å². The molecule has 4 atom stereocenters. The van der Waals surface area contributed by atoms with E-state index in [9.17, 15) is 19.5 Å². The Kier molecular flexibility index (Phi) is 4.21. The Morgan fingerprint density at radius 1 is 1.22 bits per heavy atom. The lowest BCUT2D eigenvalue weighted by molar-refractivity contribution is -0.148. The zero-order valence-corrected chi connectivity index (χ0v) is 13.4. The number of hydrazine groups is 1. The second-order valence-corrected chi connectivity index (χ2v) is 6.93. The van der Waals surface area contributed by atoms with Gasteiger partial charge in [-0.25, -0.2) is 0 Å². The molecular weight excluding hydrogens is 316 g/mol. The summed E-state index contributed by atoms with van der Waals surface area (Å²) in [5.41, 5.74) is 5.27. The molecule has 3 rings (SSSR count). The highest BCUT2D eigenvalue weighted by Gasteiger charge is 2.51. The van der Waals surface area contributed by atoms with Crippen LogP contribution in [-0.4, -0.2) is 22.9 Å². The lowest BCUT2D eigenvalue weighted by Gasteiger charge is -2.23. The molecule has 6 nitrogen and oxygen atoms in total. The van der Waals surface area contributed by atoms with E-state index >= 15 is 0 Å². The Balaban J connectivity index is 1.62. The third kappa shape index (κ3) is 2.88. The van der Waals surface area contributed by atoms with Gasteiger partial charge in [0.2, 0.25) is 5.91 Å². The van der Waals surface area contributed by atoms with Crippen LogP contribution in [0.1, 0.15) is 28.6 Å². The minimum atomic E-state index is -0.959. The zero-order chi connectivity index (χ0) is 16.6. The second-order valence-electron chi connectivity index (χ2n) is 5.94. The van der Waals surface area contributed by atoms with E-state index in [1.54, 1.807) is 11.4 Å². The zero-order valence-electron chi connectivity index (χ0n) is 12.6. The van der Waals surface area contributed by atoms with E-state index < -0.39 is 23.7 Å². The van der Waals surface area contributed by atoms with Gasteiger partial charge in [-0.15, -0.1) is 11.3 Å². The molecule has 0 aromatic carbocycles. The number of fused-ring (bicyclic) bond motifs is 2. The van der Waals surface area contributed by atoms with Crippen LogP contribution in [-0.2, 0) is 16.0 Å². The number of aliphatic carboxylic acids is 1. The average molecular weight is 334 g/mol. The number of hydrogen-bond donors (Lipinski definition) is 3. The standard InChI is InChI=1S/C16H18N2O4S/c1-2-11-6-10(7-23-11)14(19)17-18-15(20)12-8-3-4-9(5-8)13(12)16(21)22/h3-4,6-9,12-13H,2,5H2,1H3,(H,17,19)(H,18,20)(H,21,22). The number of thiophene rings is 1. The van der Waals surface area contributed by atoms with Gasteiger partial charge in [0.1, 0.15) is 0 Å². The lowest BCUT2D eigenvalue weighted by Crippen LogP contribution is -2.48. The van der Waals surface area contributed by atoms with Gasteiger partial charge in [0.05, 0.1) is 17.4 Å². The minimum Gasteiger partial charge on any atom is -0.481 e. The van der Waals surface area contributed by atoms with E-state index in [4.69, 9.17) is 0 Å². The molecule has 122 valence electrons. The number of rotatable bonds is 4. The predicted octanol–water partition coefficient (Wildman–Crippen LogP) is 1.59. The third-order valence-electron chi connectivity index (χ3n) is 4.61. The largest absolute Gasteiger partial charge is 0.481 e. The van der Waals surface area contributed by atoms with Crippen LogP contribution >= 0.6 is 11.3 Å². The molecule has 0 spiro atoms. The molecule has 2 aliphatic rings. The number of nitrogens with one attached hydrogen (secondary N) is 2. The van der Waals surface area contributed by atoms with Gasteiger partial charge in [-0.05, 0) is 30.7 Å². The van der Waals surface area contributed by atoms with Crippen molar-refractivity contribution < 1.29 is 19.5 Å². The first-order valence-corrected chi connectivity index (χ1v) is 8.48. The van der Waals surface area contributed by atoms with Gasteiger partial charge in [-0.2, -0.15) is 0 Å². The van der Waals surface area contributed by atoms with E-state index in [1.807, 2.05) is 19.1 Å². The molecule has 1 heterocycles. The summed E-state index contributed by atoms with van der Waals surface area (Å²) in [4.78, 5) is 36.8. The maximum Gasteiger partial charge on any atom is 0.307 e. The number of carbonyl (C=O) groups is 3. The monoisotopic (exact) mass is 334 g/mol. The Hall–Kier alpha value is -2.15. The number of hydrogen-bond acceptors (Lipinski definition) is 4. The predicted molar refractivity (Wildman–Crippen MR) is 84.7 cm³/mol. The molecule has 0 radical (unpaired) electrons. The molecular formula is C16H18N2O4S. The quantitative estimate of drug-likeness (QED) is 0.575. The number of amides is 2. The molecule has 1 aromatic heterocycles. The van der Waals surface area contributed by atoms with Gasteiger partial charge >= 0.3 is 5.97 Å². The minimum absolute atomic E-state index is 0.0640. The summed E-state index contributed by atoms with van der Waals surface area (Å²) in [5.74, 6) is -3.28. The molecule has 1 aromatic rings. The van der Waals surface area contributed by atoms with Crippen LogP contribution in [0, 0.1) is 23.7 Å². The van der Waals surface area contributed by atoms with Crippen LogP contribution in [0.4, 0.5) is 0 Å². The van der Waals surface area contributed by atoms with E-state index in [2.05, 4.69) is 10.9 Å². The highest BCUT2D eigenvalue weighted by Crippen LogP contribution is 2.48. The summed E-state index contributed by atoms with van der Waals surface area (Å²) in [7, 11) is 0. The maximum absolute atomic E-state index is 12.3. The van der Waals surface area contributed by atoms with E-state index in [0.717, 1.165) is 11.3 Å². The van der Waals surface area contributed by atoms with Crippen LogP contribution in [0.3, 0.4) is 0 Å². The first-order chi connectivity index (χ1) is 11.0. The van der Waals surface area contributed by atoms with Crippen molar-refractivity contribution in [3.8, 4) is 0 Å². The van der Waals surface area contributed by atoms with Crippen molar-refractivity contribution >= 4 is 29.1 Å². The van der Waals surface area contributed by atoms with E-state index in [-0.39, 0.29) is 17.7 Å². The number of carbonyl (C=O) groups excluding carboxylic acids is 2. The Morgan fingerprint density at radius 3 is 2.52 bits per heavy atom. The summed E-state index contributed by atoms with van der Waals surface area (Å²) in [6.45, 7) is 2.00. The van der Waals surface area contributed by atoms with Gasteiger partial charge in [0.15, 0.2) is 0 Å². The Labute approximate surface area is 137 Å².